The van der Waals surface area contributed by atoms with Gasteiger partial charge in [0.15, 0.2) is 0 Å². The van der Waals surface area contributed by atoms with Crippen LogP contribution in [0.1, 0.15) is 46.4 Å². The summed E-state index contributed by atoms with van der Waals surface area (Å²) >= 11 is 0. The third kappa shape index (κ3) is 6.77. The number of amides is 2. The maximum Gasteiger partial charge on any atom is 0.255 e. The van der Waals surface area contributed by atoms with E-state index in [4.69, 9.17) is 0 Å². The van der Waals surface area contributed by atoms with Crippen LogP contribution >= 0.6 is 0 Å². The third-order valence-corrected chi connectivity index (χ3v) is 7.52. The topological polar surface area (TPSA) is 95.6 Å². The highest BCUT2D eigenvalue weighted by molar-refractivity contribution is 7.89. The number of anilines is 1. The van der Waals surface area contributed by atoms with Crippen molar-refractivity contribution in [3.05, 3.63) is 95.1 Å². The number of carbonyl (C=O) groups is 2. The van der Waals surface area contributed by atoms with Crippen LogP contribution in [-0.2, 0) is 14.8 Å². The van der Waals surface area contributed by atoms with E-state index in [1.165, 1.54) is 0 Å². The Morgan fingerprint density at radius 2 is 1.63 bits per heavy atom. The molecule has 0 aliphatic carbocycles. The first-order chi connectivity index (χ1) is 16.6. The molecule has 0 aliphatic rings. The molecule has 3 aromatic rings. The molecule has 2 amide bonds. The highest BCUT2D eigenvalue weighted by Gasteiger charge is 2.20. The molecule has 0 aromatic heterocycles. The molecule has 3 rings (SSSR count). The molecule has 0 fully saturated rings. The number of nitrogens with zero attached hydrogens (tertiary/aromatic N) is 1. The number of nitrogens with one attached hydrogen (secondary N) is 2. The van der Waals surface area contributed by atoms with Crippen LogP contribution in [0.25, 0.3) is 0 Å². The van der Waals surface area contributed by atoms with E-state index >= 15 is 0 Å². The molecular weight excluding hydrogens is 462 g/mol. The van der Waals surface area contributed by atoms with Crippen molar-refractivity contribution in [3.8, 4) is 0 Å². The summed E-state index contributed by atoms with van der Waals surface area (Å²) in [6.07, 6.45) is 0.0232. The zero-order valence-electron chi connectivity index (χ0n) is 20.4. The molecule has 0 saturated heterocycles. The van der Waals surface area contributed by atoms with Gasteiger partial charge < -0.3 is 10.2 Å². The van der Waals surface area contributed by atoms with Gasteiger partial charge in [0.1, 0.15) is 0 Å². The van der Waals surface area contributed by atoms with Crippen LogP contribution in [0.3, 0.4) is 0 Å². The van der Waals surface area contributed by atoms with E-state index in [0.717, 1.165) is 16.7 Å². The Labute approximate surface area is 207 Å². The van der Waals surface area contributed by atoms with Crippen molar-refractivity contribution in [2.45, 2.75) is 38.1 Å². The Morgan fingerprint density at radius 1 is 0.914 bits per heavy atom. The van der Waals surface area contributed by atoms with Crippen LogP contribution < -0.4 is 10.0 Å². The predicted octanol–water partition coefficient (Wildman–Crippen LogP) is 4.44. The molecule has 0 spiro atoms. The predicted molar refractivity (Wildman–Crippen MR) is 138 cm³/mol. The van der Waals surface area contributed by atoms with Gasteiger partial charge in [-0.05, 0) is 73.9 Å². The van der Waals surface area contributed by atoms with Crippen molar-refractivity contribution in [3.63, 3.8) is 0 Å². The van der Waals surface area contributed by atoms with Crippen LogP contribution in [0.15, 0.2) is 77.7 Å². The van der Waals surface area contributed by atoms with E-state index in [-0.39, 0.29) is 35.7 Å². The first-order valence-electron chi connectivity index (χ1n) is 11.4. The summed E-state index contributed by atoms with van der Waals surface area (Å²) in [5, 5.41) is 2.88. The Kier molecular flexibility index (Phi) is 8.43. The smallest absolute Gasteiger partial charge is 0.255 e. The first-order valence-corrected chi connectivity index (χ1v) is 12.9. The average molecular weight is 494 g/mol. The zero-order valence-corrected chi connectivity index (χ0v) is 21.2. The quantitative estimate of drug-likeness (QED) is 0.461. The van der Waals surface area contributed by atoms with E-state index in [1.807, 2.05) is 45.0 Å². The maximum atomic E-state index is 12.7. The SMILES string of the molecule is Cc1ccc(S(=O)(=O)NCCC(=O)N(C)C(C)c2cccc(NC(=O)c3ccccc3)c2)cc1C. The summed E-state index contributed by atoms with van der Waals surface area (Å²) in [6, 6.07) is 20.9. The van der Waals surface area contributed by atoms with Gasteiger partial charge in [-0.25, -0.2) is 13.1 Å². The highest BCUT2D eigenvalue weighted by atomic mass is 32.2. The second kappa shape index (κ2) is 11.3. The summed E-state index contributed by atoms with van der Waals surface area (Å²) in [5.74, 6) is -0.408. The molecule has 2 N–H and O–H groups in total. The number of rotatable bonds is 9. The molecule has 35 heavy (non-hydrogen) atoms. The molecule has 7 nitrogen and oxygen atoms in total. The zero-order chi connectivity index (χ0) is 25.6. The highest BCUT2D eigenvalue weighted by Crippen LogP contribution is 2.23. The summed E-state index contributed by atoms with van der Waals surface area (Å²) in [6.45, 7) is 5.66. The number of aryl methyl sites for hydroxylation is 2. The monoisotopic (exact) mass is 493 g/mol. The van der Waals surface area contributed by atoms with Gasteiger partial charge in [-0.3, -0.25) is 9.59 Å². The fourth-order valence-corrected chi connectivity index (χ4v) is 4.66. The molecule has 0 saturated carbocycles. The molecule has 8 heteroatoms. The lowest BCUT2D eigenvalue weighted by atomic mass is 10.1. The normalized spacial score (nSPS) is 12.1. The molecule has 3 aromatic carbocycles. The summed E-state index contributed by atoms with van der Waals surface area (Å²) in [5.41, 5.74) is 3.94. The lowest BCUT2D eigenvalue weighted by Gasteiger charge is -2.26. The third-order valence-electron chi connectivity index (χ3n) is 6.06. The Bertz CT molecular complexity index is 1310. The fourth-order valence-electron chi connectivity index (χ4n) is 3.54. The van der Waals surface area contributed by atoms with Crippen LogP contribution in [0.2, 0.25) is 0 Å². The molecule has 1 atom stereocenters. The van der Waals surface area contributed by atoms with Crippen molar-refractivity contribution in [2.24, 2.45) is 0 Å². The van der Waals surface area contributed by atoms with Gasteiger partial charge in [-0.1, -0.05) is 36.4 Å². The number of hydrogen-bond donors (Lipinski definition) is 2. The minimum absolute atomic E-state index is 0.00166. The van der Waals surface area contributed by atoms with Crippen LogP contribution in [0.4, 0.5) is 5.69 Å². The molecule has 0 heterocycles. The van der Waals surface area contributed by atoms with Crippen molar-refractivity contribution >= 4 is 27.5 Å². The second-order valence-corrected chi connectivity index (χ2v) is 10.3. The summed E-state index contributed by atoms with van der Waals surface area (Å²) in [4.78, 5) is 26.9. The van der Waals surface area contributed by atoms with Crippen LogP contribution in [0, 0.1) is 13.8 Å². The van der Waals surface area contributed by atoms with E-state index in [0.29, 0.717) is 11.3 Å². The molecule has 184 valence electrons. The van der Waals surface area contributed by atoms with Crippen molar-refractivity contribution in [1.82, 2.24) is 9.62 Å². The van der Waals surface area contributed by atoms with E-state index < -0.39 is 10.0 Å². The van der Waals surface area contributed by atoms with Crippen LogP contribution in [0.5, 0.6) is 0 Å². The van der Waals surface area contributed by atoms with Crippen LogP contribution in [-0.4, -0.2) is 38.7 Å². The van der Waals surface area contributed by atoms with E-state index in [2.05, 4.69) is 10.0 Å². The van der Waals surface area contributed by atoms with Gasteiger partial charge in [-0.15, -0.1) is 0 Å². The summed E-state index contributed by atoms with van der Waals surface area (Å²) in [7, 11) is -2.01. The Morgan fingerprint density at radius 3 is 2.31 bits per heavy atom. The Balaban J connectivity index is 1.58. The minimum Gasteiger partial charge on any atom is -0.339 e. The molecule has 0 aliphatic heterocycles. The van der Waals surface area contributed by atoms with Gasteiger partial charge in [0, 0.05) is 31.3 Å². The van der Waals surface area contributed by atoms with Gasteiger partial charge in [0.05, 0.1) is 10.9 Å². The van der Waals surface area contributed by atoms with E-state index in [1.54, 1.807) is 60.5 Å². The summed E-state index contributed by atoms with van der Waals surface area (Å²) < 4.78 is 27.6. The lowest BCUT2D eigenvalue weighted by Crippen LogP contribution is -2.33. The second-order valence-electron chi connectivity index (χ2n) is 8.52. The van der Waals surface area contributed by atoms with Gasteiger partial charge >= 0.3 is 0 Å². The number of carbonyl (C=O) groups excluding carboxylic acids is 2. The molecule has 0 bridgehead atoms. The maximum absolute atomic E-state index is 12.7. The number of sulfonamides is 1. The first kappa shape index (κ1) is 26.1. The fraction of sp³-hybridized carbons (Fsp3) is 0.259. The number of benzene rings is 3. The lowest BCUT2D eigenvalue weighted by molar-refractivity contribution is -0.131. The Hall–Kier alpha value is -3.49. The number of hydrogen-bond acceptors (Lipinski definition) is 4. The van der Waals surface area contributed by atoms with Gasteiger partial charge in [0.2, 0.25) is 15.9 Å². The van der Waals surface area contributed by atoms with Crippen molar-refractivity contribution < 1.29 is 18.0 Å². The molecular formula is C27H31N3O4S. The largest absolute Gasteiger partial charge is 0.339 e. The van der Waals surface area contributed by atoms with Gasteiger partial charge in [-0.2, -0.15) is 0 Å². The van der Waals surface area contributed by atoms with Crippen molar-refractivity contribution in [2.75, 3.05) is 18.9 Å². The standard InChI is InChI=1S/C27H31N3O4S/c1-19-13-14-25(17-20(19)2)35(33,34)28-16-15-26(31)30(4)21(3)23-11-8-12-24(18-23)29-27(32)22-9-6-5-7-10-22/h5-14,17-18,21,28H,15-16H2,1-4H3,(H,29,32). The average Bonchev–Trinajstić information content (AvgIpc) is 2.85. The van der Waals surface area contributed by atoms with E-state index in [9.17, 15) is 18.0 Å². The van der Waals surface area contributed by atoms with Gasteiger partial charge in [0.25, 0.3) is 5.91 Å². The minimum atomic E-state index is -3.69. The molecule has 1 unspecified atom stereocenters. The van der Waals surface area contributed by atoms with Crippen molar-refractivity contribution in [1.29, 1.82) is 0 Å². The molecule has 0 radical (unpaired) electrons.